The summed E-state index contributed by atoms with van der Waals surface area (Å²) in [5, 5.41) is 7.99. The minimum Gasteiger partial charge on any atom is -0.313 e. The zero-order chi connectivity index (χ0) is 15.4. The fourth-order valence-corrected chi connectivity index (χ4v) is 2.43. The molecule has 1 heterocycles. The molecule has 0 bridgehead atoms. The molecule has 0 saturated heterocycles. The number of nitrogens with one attached hydrogen (secondary N) is 1. The monoisotopic (exact) mass is 309 g/mol. The van der Waals surface area contributed by atoms with Gasteiger partial charge in [-0.15, -0.1) is 0 Å². The van der Waals surface area contributed by atoms with Crippen LogP contribution in [0.4, 0.5) is 4.39 Å². The van der Waals surface area contributed by atoms with Gasteiger partial charge in [0.05, 0.1) is 10.7 Å². The Morgan fingerprint density at radius 3 is 2.76 bits per heavy atom. The van der Waals surface area contributed by atoms with Crippen LogP contribution in [0.5, 0.6) is 0 Å². The van der Waals surface area contributed by atoms with Gasteiger partial charge in [-0.3, -0.25) is 4.68 Å². The van der Waals surface area contributed by atoms with Crippen LogP contribution in [0.15, 0.2) is 30.5 Å². The molecule has 0 aliphatic carbocycles. The molecule has 1 aromatic carbocycles. The molecule has 0 fully saturated rings. The summed E-state index contributed by atoms with van der Waals surface area (Å²) in [5.74, 6) is -0.392. The highest BCUT2D eigenvalue weighted by Gasteiger charge is 2.14. The fourth-order valence-electron chi connectivity index (χ4n) is 2.24. The molecular formula is C16H21ClFN3. The predicted molar refractivity (Wildman–Crippen MR) is 84.1 cm³/mol. The molecule has 21 heavy (non-hydrogen) atoms. The lowest BCUT2D eigenvalue weighted by molar-refractivity contribution is 0.469. The van der Waals surface area contributed by atoms with Crippen molar-refractivity contribution in [1.29, 1.82) is 0 Å². The Kier molecular flexibility index (Phi) is 5.37. The Morgan fingerprint density at radius 2 is 2.14 bits per heavy atom. The molecule has 5 heteroatoms. The second-order valence-electron chi connectivity index (χ2n) is 5.26. The van der Waals surface area contributed by atoms with E-state index < -0.39 is 5.82 Å². The van der Waals surface area contributed by atoms with Gasteiger partial charge in [-0.1, -0.05) is 24.6 Å². The smallest absolute Gasteiger partial charge is 0.141 e. The van der Waals surface area contributed by atoms with Gasteiger partial charge in [0.15, 0.2) is 0 Å². The number of nitrogens with zero attached hydrogens (tertiary/aromatic N) is 2. The summed E-state index contributed by atoms with van der Waals surface area (Å²) >= 11 is 5.86. The van der Waals surface area contributed by atoms with Gasteiger partial charge in [0.2, 0.25) is 0 Å². The van der Waals surface area contributed by atoms with Crippen LogP contribution in [0.25, 0.3) is 0 Å². The van der Waals surface area contributed by atoms with Crippen LogP contribution in [-0.4, -0.2) is 16.8 Å². The molecular weight excluding hydrogens is 289 g/mol. The van der Waals surface area contributed by atoms with E-state index in [0.29, 0.717) is 6.04 Å². The van der Waals surface area contributed by atoms with Crippen molar-refractivity contribution in [2.75, 3.05) is 7.05 Å². The van der Waals surface area contributed by atoms with E-state index in [2.05, 4.69) is 24.3 Å². The number of likely N-dealkylation sites (N-methyl/N-ethyl adjacent to an activating group) is 1. The Morgan fingerprint density at radius 1 is 1.38 bits per heavy atom. The van der Waals surface area contributed by atoms with E-state index in [9.17, 15) is 4.39 Å². The number of hydrogen-bond donors (Lipinski definition) is 1. The fraction of sp³-hybridized carbons (Fsp3) is 0.438. The first-order chi connectivity index (χ1) is 10.0. The number of hydrogen-bond acceptors (Lipinski definition) is 2. The second kappa shape index (κ2) is 7.05. The van der Waals surface area contributed by atoms with Crippen molar-refractivity contribution in [3.05, 3.63) is 52.6 Å². The van der Waals surface area contributed by atoms with Crippen LogP contribution in [-0.2, 0) is 6.42 Å². The highest BCUT2D eigenvalue weighted by Crippen LogP contribution is 2.23. The summed E-state index contributed by atoms with van der Waals surface area (Å²) in [6.45, 7) is 4.29. The Hall–Kier alpha value is -1.39. The number of aromatic nitrogens is 2. The Bertz CT molecular complexity index is 597. The Balaban J connectivity index is 2.15. The van der Waals surface area contributed by atoms with Crippen LogP contribution in [0, 0.1) is 5.82 Å². The Labute approximate surface area is 130 Å². The average molecular weight is 310 g/mol. The molecule has 0 saturated carbocycles. The third-order valence-electron chi connectivity index (χ3n) is 3.81. The van der Waals surface area contributed by atoms with E-state index in [4.69, 9.17) is 11.6 Å². The topological polar surface area (TPSA) is 29.9 Å². The molecule has 114 valence electrons. The third kappa shape index (κ3) is 3.83. The average Bonchev–Trinajstić information content (AvgIpc) is 2.95. The van der Waals surface area contributed by atoms with Gasteiger partial charge in [0, 0.05) is 24.7 Å². The number of halogens is 2. The summed E-state index contributed by atoms with van der Waals surface area (Å²) in [6.07, 6.45) is 3.79. The van der Waals surface area contributed by atoms with Crippen LogP contribution in [0.1, 0.15) is 43.6 Å². The first kappa shape index (κ1) is 16.0. The normalized spacial score (nSPS) is 14.1. The van der Waals surface area contributed by atoms with Gasteiger partial charge in [-0.2, -0.15) is 5.10 Å². The van der Waals surface area contributed by atoms with Gasteiger partial charge in [-0.25, -0.2) is 4.39 Å². The van der Waals surface area contributed by atoms with Crippen molar-refractivity contribution >= 4 is 11.6 Å². The first-order valence-corrected chi connectivity index (χ1v) is 7.59. The van der Waals surface area contributed by atoms with Gasteiger partial charge in [0.25, 0.3) is 0 Å². The van der Waals surface area contributed by atoms with Crippen molar-refractivity contribution in [2.24, 2.45) is 0 Å². The predicted octanol–water partition coefficient (Wildman–Crippen LogP) is 4.15. The molecule has 1 N–H and O–H groups in total. The molecule has 1 aromatic heterocycles. The van der Waals surface area contributed by atoms with Gasteiger partial charge in [0.1, 0.15) is 5.82 Å². The molecule has 2 rings (SSSR count). The largest absolute Gasteiger partial charge is 0.313 e. The molecule has 2 atom stereocenters. The minimum absolute atomic E-state index is 0.0587. The maximum absolute atomic E-state index is 13.3. The maximum Gasteiger partial charge on any atom is 0.141 e. The van der Waals surface area contributed by atoms with E-state index in [1.165, 1.54) is 6.07 Å². The van der Waals surface area contributed by atoms with Gasteiger partial charge in [-0.05, 0) is 44.2 Å². The minimum atomic E-state index is -0.392. The molecule has 2 unspecified atom stereocenters. The highest BCUT2D eigenvalue weighted by molar-refractivity contribution is 6.30. The van der Waals surface area contributed by atoms with Gasteiger partial charge >= 0.3 is 0 Å². The van der Waals surface area contributed by atoms with E-state index in [0.717, 1.165) is 24.1 Å². The molecule has 0 amide bonds. The van der Waals surface area contributed by atoms with Gasteiger partial charge < -0.3 is 5.32 Å². The summed E-state index contributed by atoms with van der Waals surface area (Å²) in [7, 11) is 1.88. The number of rotatable bonds is 6. The van der Waals surface area contributed by atoms with Crippen molar-refractivity contribution in [3.63, 3.8) is 0 Å². The summed E-state index contributed by atoms with van der Waals surface area (Å²) < 4.78 is 15.2. The van der Waals surface area contributed by atoms with Crippen LogP contribution >= 0.6 is 11.6 Å². The van der Waals surface area contributed by atoms with Crippen LogP contribution < -0.4 is 5.32 Å². The molecule has 2 aromatic rings. The standard InChI is InChI=1S/C16H21ClFN3/c1-4-11(2)21-8-7-13(20-21)10-16(19-3)12-5-6-15(18)14(17)9-12/h5-9,11,16,19H,4,10H2,1-3H3. The quantitative estimate of drug-likeness (QED) is 0.868. The maximum atomic E-state index is 13.3. The lowest BCUT2D eigenvalue weighted by Gasteiger charge is -2.16. The van der Waals surface area contributed by atoms with Crippen molar-refractivity contribution in [1.82, 2.24) is 15.1 Å². The lowest BCUT2D eigenvalue weighted by Crippen LogP contribution is -2.19. The van der Waals surface area contributed by atoms with Crippen molar-refractivity contribution in [2.45, 2.75) is 38.8 Å². The van der Waals surface area contributed by atoms with Crippen molar-refractivity contribution in [3.8, 4) is 0 Å². The molecule has 0 spiro atoms. The zero-order valence-corrected chi connectivity index (χ0v) is 13.4. The van der Waals surface area contributed by atoms with Crippen LogP contribution in [0.3, 0.4) is 0 Å². The summed E-state index contributed by atoms with van der Waals surface area (Å²) in [6, 6.07) is 7.31. The SMILES string of the molecule is CCC(C)n1ccc(CC(NC)c2ccc(F)c(Cl)c2)n1. The van der Waals surface area contributed by atoms with E-state index in [1.807, 2.05) is 24.0 Å². The molecule has 0 aliphatic rings. The summed E-state index contributed by atoms with van der Waals surface area (Å²) in [5.41, 5.74) is 1.97. The second-order valence-corrected chi connectivity index (χ2v) is 5.67. The van der Waals surface area contributed by atoms with Crippen molar-refractivity contribution < 1.29 is 4.39 Å². The van der Waals surface area contributed by atoms with E-state index in [1.54, 1.807) is 12.1 Å². The summed E-state index contributed by atoms with van der Waals surface area (Å²) in [4.78, 5) is 0. The molecule has 0 aliphatic heterocycles. The molecule has 3 nitrogen and oxygen atoms in total. The zero-order valence-electron chi connectivity index (χ0n) is 12.6. The van der Waals surface area contributed by atoms with Crippen LogP contribution in [0.2, 0.25) is 5.02 Å². The first-order valence-electron chi connectivity index (χ1n) is 7.21. The van der Waals surface area contributed by atoms with E-state index >= 15 is 0 Å². The lowest BCUT2D eigenvalue weighted by atomic mass is 10.0. The van der Waals surface area contributed by atoms with E-state index in [-0.39, 0.29) is 11.1 Å². The third-order valence-corrected chi connectivity index (χ3v) is 4.10. The highest BCUT2D eigenvalue weighted by atomic mass is 35.5. The molecule has 0 radical (unpaired) electrons. The number of benzene rings is 1.